The average molecular weight is 425 g/mol. The topological polar surface area (TPSA) is 101 Å². The summed E-state index contributed by atoms with van der Waals surface area (Å²) in [5.41, 5.74) is 5.61. The first-order valence-electron chi connectivity index (χ1n) is 9.81. The number of nitrogens with two attached hydrogens (primary N) is 1. The molecular weight excluding hydrogens is 399 g/mol. The highest BCUT2D eigenvalue weighted by molar-refractivity contribution is 5.92. The molecule has 1 saturated carbocycles. The number of carboxylic acid groups (broad SMARTS) is 1. The molecule has 4 rings (SSSR count). The molecule has 158 valence electrons. The number of carbonyl (C=O) groups is 1. The quantitative estimate of drug-likeness (QED) is 0.782. The highest BCUT2D eigenvalue weighted by Crippen LogP contribution is 2.37. The lowest BCUT2D eigenvalue weighted by Crippen LogP contribution is -2.53. The van der Waals surface area contributed by atoms with Crippen LogP contribution < -0.4 is 16.1 Å². The predicted octanol–water partition coefficient (Wildman–Crippen LogP) is 2.80. The van der Waals surface area contributed by atoms with Gasteiger partial charge in [0.1, 0.15) is 11.2 Å². The molecule has 0 amide bonds. The van der Waals surface area contributed by atoms with Crippen molar-refractivity contribution in [1.29, 1.82) is 0 Å². The second-order valence-corrected chi connectivity index (χ2v) is 8.10. The van der Waals surface area contributed by atoms with Gasteiger partial charge in [-0.15, -0.1) is 12.4 Å². The Morgan fingerprint density at radius 2 is 2.07 bits per heavy atom. The molecule has 1 aliphatic heterocycles. The lowest BCUT2D eigenvalue weighted by molar-refractivity contribution is 0.0695. The van der Waals surface area contributed by atoms with Crippen LogP contribution in [0.25, 0.3) is 11.0 Å². The monoisotopic (exact) mass is 424 g/mol. The second kappa shape index (κ2) is 7.91. The van der Waals surface area contributed by atoms with Gasteiger partial charge in [0.05, 0.1) is 5.39 Å². The fourth-order valence-electron chi connectivity index (χ4n) is 4.49. The fourth-order valence-corrected chi connectivity index (χ4v) is 4.49. The maximum absolute atomic E-state index is 15.0. The number of pyridine rings is 2. The Balaban J connectivity index is 0.00000240. The SMILES string of the molecule is CC[C@@H]1[C@H](N)CN(c2nc3c(cc2F)c(=O)c(C(=O)O)cn3C2CC2)C[C@@H]1C.Cl. The third kappa shape index (κ3) is 3.71. The summed E-state index contributed by atoms with van der Waals surface area (Å²) in [4.78, 5) is 30.4. The van der Waals surface area contributed by atoms with Gasteiger partial charge in [0, 0.05) is 31.4 Å². The molecule has 9 heteroatoms. The molecule has 3 heterocycles. The number of fused-ring (bicyclic) bond motifs is 1. The Labute approximate surface area is 174 Å². The molecule has 2 aliphatic rings. The standard InChI is InChI=1S/C20H25FN4O3.ClH/c1-3-12-10(2)7-24(9-16(12)22)19-15(21)6-13-17(26)14(20(27)28)8-25(11-4-5-11)18(13)23-19;/h6,8,10-12,16H,3-5,7,9,22H2,1-2H3,(H,27,28);1H/t10-,12-,16+;/m0./s1. The van der Waals surface area contributed by atoms with Crippen molar-refractivity contribution < 1.29 is 14.3 Å². The zero-order chi connectivity index (χ0) is 20.2. The summed E-state index contributed by atoms with van der Waals surface area (Å²) in [6, 6.07) is 1.15. The zero-order valence-electron chi connectivity index (χ0n) is 16.5. The van der Waals surface area contributed by atoms with Gasteiger partial charge in [0.25, 0.3) is 0 Å². The third-order valence-corrected chi connectivity index (χ3v) is 6.10. The number of rotatable bonds is 4. The summed E-state index contributed by atoms with van der Waals surface area (Å²) in [6.07, 6.45) is 4.09. The highest BCUT2D eigenvalue weighted by Gasteiger charge is 2.34. The number of aromatic carboxylic acids is 1. The first kappa shape index (κ1) is 21.5. The molecular formula is C20H26ClFN4O3. The van der Waals surface area contributed by atoms with Crippen LogP contribution in [0.3, 0.4) is 0 Å². The minimum absolute atomic E-state index is 0. The molecule has 0 aromatic carbocycles. The van der Waals surface area contributed by atoms with E-state index >= 15 is 0 Å². The number of halogens is 2. The van der Waals surface area contributed by atoms with E-state index in [1.807, 2.05) is 4.90 Å². The Morgan fingerprint density at radius 1 is 1.38 bits per heavy atom. The Hall–Kier alpha value is -2.19. The van der Waals surface area contributed by atoms with Crippen LogP contribution >= 0.6 is 12.4 Å². The van der Waals surface area contributed by atoms with Crippen LogP contribution in [-0.2, 0) is 0 Å². The molecule has 0 radical (unpaired) electrons. The summed E-state index contributed by atoms with van der Waals surface area (Å²) in [7, 11) is 0. The van der Waals surface area contributed by atoms with Crippen LogP contribution in [0.5, 0.6) is 0 Å². The second-order valence-electron chi connectivity index (χ2n) is 8.10. The molecule has 7 nitrogen and oxygen atoms in total. The van der Waals surface area contributed by atoms with E-state index < -0.39 is 17.2 Å². The van der Waals surface area contributed by atoms with E-state index in [0.29, 0.717) is 30.6 Å². The van der Waals surface area contributed by atoms with Gasteiger partial charge in [0.2, 0.25) is 5.43 Å². The van der Waals surface area contributed by atoms with Crippen molar-refractivity contribution in [3.63, 3.8) is 0 Å². The number of hydrogen-bond acceptors (Lipinski definition) is 5. The molecule has 0 spiro atoms. The molecule has 2 aromatic rings. The molecule has 2 fully saturated rings. The number of nitrogens with zero attached hydrogens (tertiary/aromatic N) is 3. The van der Waals surface area contributed by atoms with Gasteiger partial charge in [0.15, 0.2) is 11.6 Å². The van der Waals surface area contributed by atoms with E-state index in [1.54, 1.807) is 4.57 Å². The van der Waals surface area contributed by atoms with E-state index in [1.165, 1.54) is 6.20 Å². The smallest absolute Gasteiger partial charge is 0.341 e. The van der Waals surface area contributed by atoms with Gasteiger partial charge < -0.3 is 20.3 Å². The molecule has 0 bridgehead atoms. The Bertz CT molecular complexity index is 995. The minimum atomic E-state index is -1.31. The predicted molar refractivity (Wildman–Crippen MR) is 112 cm³/mol. The van der Waals surface area contributed by atoms with Gasteiger partial charge in [-0.25, -0.2) is 14.2 Å². The summed E-state index contributed by atoms with van der Waals surface area (Å²) in [6.45, 7) is 5.36. The van der Waals surface area contributed by atoms with Crippen molar-refractivity contribution in [2.45, 2.75) is 45.2 Å². The van der Waals surface area contributed by atoms with E-state index in [0.717, 1.165) is 25.3 Å². The van der Waals surface area contributed by atoms with E-state index in [2.05, 4.69) is 18.8 Å². The first-order chi connectivity index (χ1) is 13.3. The Morgan fingerprint density at radius 3 is 2.62 bits per heavy atom. The largest absolute Gasteiger partial charge is 0.477 e. The van der Waals surface area contributed by atoms with Gasteiger partial charge in [-0.2, -0.15) is 0 Å². The number of hydrogen-bond donors (Lipinski definition) is 2. The normalized spacial score (nSPS) is 24.4. The van der Waals surface area contributed by atoms with Crippen LogP contribution in [0.4, 0.5) is 10.2 Å². The van der Waals surface area contributed by atoms with Crippen LogP contribution in [0.2, 0.25) is 0 Å². The molecule has 3 atom stereocenters. The number of piperidine rings is 1. The van der Waals surface area contributed by atoms with Crippen LogP contribution in [0.15, 0.2) is 17.1 Å². The van der Waals surface area contributed by atoms with Crippen molar-refractivity contribution in [2.75, 3.05) is 18.0 Å². The average Bonchev–Trinajstić information content (AvgIpc) is 3.46. The lowest BCUT2D eigenvalue weighted by atomic mass is 9.81. The van der Waals surface area contributed by atoms with E-state index in [-0.39, 0.29) is 41.3 Å². The fraction of sp³-hybridized carbons (Fsp3) is 0.550. The van der Waals surface area contributed by atoms with Gasteiger partial charge >= 0.3 is 5.97 Å². The van der Waals surface area contributed by atoms with Gasteiger partial charge in [-0.1, -0.05) is 20.3 Å². The van der Waals surface area contributed by atoms with Gasteiger partial charge in [-0.05, 0) is 30.7 Å². The van der Waals surface area contributed by atoms with Crippen molar-refractivity contribution in [3.8, 4) is 0 Å². The third-order valence-electron chi connectivity index (χ3n) is 6.10. The summed E-state index contributed by atoms with van der Waals surface area (Å²) in [5, 5.41) is 9.34. The van der Waals surface area contributed by atoms with Crippen LogP contribution in [0.1, 0.15) is 49.5 Å². The Kier molecular flexibility index (Phi) is 5.87. The van der Waals surface area contributed by atoms with Crippen LogP contribution in [-0.4, -0.2) is 39.8 Å². The molecule has 0 unspecified atom stereocenters. The van der Waals surface area contributed by atoms with Crippen molar-refractivity contribution in [1.82, 2.24) is 9.55 Å². The lowest BCUT2D eigenvalue weighted by Gasteiger charge is -2.41. The number of carboxylic acids is 1. The molecule has 1 saturated heterocycles. The minimum Gasteiger partial charge on any atom is -0.477 e. The summed E-state index contributed by atoms with van der Waals surface area (Å²) in [5.74, 6) is -1.08. The van der Waals surface area contributed by atoms with Crippen molar-refractivity contribution >= 4 is 35.2 Å². The summed E-state index contributed by atoms with van der Waals surface area (Å²) < 4.78 is 16.7. The number of anilines is 1. The molecule has 3 N–H and O–H groups in total. The van der Waals surface area contributed by atoms with E-state index in [4.69, 9.17) is 5.73 Å². The van der Waals surface area contributed by atoms with Crippen molar-refractivity contribution in [2.24, 2.45) is 17.6 Å². The highest BCUT2D eigenvalue weighted by atomic mass is 35.5. The maximum Gasteiger partial charge on any atom is 0.341 e. The van der Waals surface area contributed by atoms with Crippen LogP contribution in [0, 0.1) is 17.7 Å². The van der Waals surface area contributed by atoms with E-state index in [9.17, 15) is 19.1 Å². The molecule has 29 heavy (non-hydrogen) atoms. The van der Waals surface area contributed by atoms with Gasteiger partial charge in [-0.3, -0.25) is 4.79 Å². The zero-order valence-corrected chi connectivity index (χ0v) is 17.3. The summed E-state index contributed by atoms with van der Waals surface area (Å²) >= 11 is 0. The molecule has 1 aliphatic carbocycles. The molecule has 2 aromatic heterocycles. The first-order valence-corrected chi connectivity index (χ1v) is 9.81. The number of aromatic nitrogens is 2. The van der Waals surface area contributed by atoms with Crippen molar-refractivity contribution in [3.05, 3.63) is 33.9 Å². The maximum atomic E-state index is 15.0.